The van der Waals surface area contributed by atoms with Crippen molar-refractivity contribution in [3.05, 3.63) is 5.92 Å². The van der Waals surface area contributed by atoms with E-state index in [0.29, 0.717) is 0 Å². The molecular weight excluding hydrogens is 133 g/mol. The first-order chi connectivity index (χ1) is 4.23. The van der Waals surface area contributed by atoms with E-state index in [-0.39, 0.29) is 29.6 Å². The molecule has 0 spiro atoms. The zero-order valence-electron chi connectivity index (χ0n) is 7.83. The molecule has 1 saturated heterocycles. The van der Waals surface area contributed by atoms with E-state index in [4.69, 9.17) is 0 Å². The number of hydrogen-bond acceptors (Lipinski definition) is 1. The van der Waals surface area contributed by atoms with Crippen molar-refractivity contribution in [2.75, 3.05) is 13.1 Å². The fourth-order valence-corrected chi connectivity index (χ4v) is 0.625. The van der Waals surface area contributed by atoms with Crippen LogP contribution < -0.4 is 34.9 Å². The molecule has 0 aromatic rings. The van der Waals surface area contributed by atoms with E-state index in [0.717, 1.165) is 0 Å². The van der Waals surface area contributed by atoms with Crippen LogP contribution in [0.15, 0.2) is 0 Å². The molecule has 0 bridgehead atoms. The quantitative estimate of drug-likeness (QED) is 0.346. The Labute approximate surface area is 87.3 Å². The maximum Gasteiger partial charge on any atom is 1.00 e. The van der Waals surface area contributed by atoms with Crippen LogP contribution in [0.2, 0.25) is 0 Å². The average Bonchev–Trinajstić information content (AvgIpc) is 2.11. The molecule has 2 heteroatoms. The third-order valence-corrected chi connectivity index (χ3v) is 0.957. The van der Waals surface area contributed by atoms with Crippen LogP contribution in [0.25, 0.3) is 0 Å². The van der Waals surface area contributed by atoms with Crippen LogP contribution in [0.3, 0.4) is 0 Å². The molecule has 1 aliphatic rings. The maximum absolute atomic E-state index is 3.22. The van der Waals surface area contributed by atoms with Crippen LogP contribution in [0.4, 0.5) is 0 Å². The first-order valence-electron chi connectivity index (χ1n) is 3.71. The van der Waals surface area contributed by atoms with Crippen LogP contribution in [-0.4, -0.2) is 13.1 Å². The van der Waals surface area contributed by atoms with E-state index < -0.39 is 0 Å². The Hall–Kier alpha value is 0.960. The normalized spacial score (nSPS) is 15.6. The number of hydrogen-bond donors (Lipinski definition) is 1. The van der Waals surface area contributed by atoms with Crippen molar-refractivity contribution < 1.29 is 29.6 Å². The molecular formula is C8H18NNa. The van der Waals surface area contributed by atoms with E-state index in [1.165, 1.54) is 31.8 Å². The van der Waals surface area contributed by atoms with Crippen molar-refractivity contribution in [3.8, 4) is 0 Å². The van der Waals surface area contributed by atoms with Crippen LogP contribution >= 0.6 is 0 Å². The van der Waals surface area contributed by atoms with Gasteiger partial charge in [0.15, 0.2) is 0 Å². The van der Waals surface area contributed by atoms with E-state index in [2.05, 4.69) is 26.1 Å². The van der Waals surface area contributed by atoms with Crippen LogP contribution in [0, 0.1) is 5.92 Å². The Morgan fingerprint density at radius 1 is 1.00 bits per heavy atom. The molecule has 0 unspecified atom stereocenters. The van der Waals surface area contributed by atoms with Crippen molar-refractivity contribution in [3.63, 3.8) is 0 Å². The second-order valence-corrected chi connectivity index (χ2v) is 2.96. The Morgan fingerprint density at radius 3 is 1.40 bits per heavy atom. The molecule has 1 aliphatic heterocycles. The Morgan fingerprint density at radius 2 is 1.30 bits per heavy atom. The van der Waals surface area contributed by atoms with Crippen molar-refractivity contribution in [2.45, 2.75) is 33.6 Å². The molecule has 56 valence electrons. The third kappa shape index (κ3) is 16.0. The van der Waals surface area contributed by atoms with Gasteiger partial charge in [0, 0.05) is 0 Å². The fourth-order valence-electron chi connectivity index (χ4n) is 0.625. The summed E-state index contributed by atoms with van der Waals surface area (Å²) >= 11 is 0. The van der Waals surface area contributed by atoms with Gasteiger partial charge in [0.1, 0.15) is 0 Å². The van der Waals surface area contributed by atoms with Gasteiger partial charge in [0.2, 0.25) is 0 Å². The van der Waals surface area contributed by atoms with Gasteiger partial charge in [-0.25, -0.2) is 0 Å². The summed E-state index contributed by atoms with van der Waals surface area (Å²) in [4.78, 5) is 0. The van der Waals surface area contributed by atoms with Gasteiger partial charge in [-0.15, -0.1) is 0 Å². The van der Waals surface area contributed by atoms with Gasteiger partial charge >= 0.3 is 29.6 Å². The van der Waals surface area contributed by atoms with E-state index in [9.17, 15) is 0 Å². The monoisotopic (exact) mass is 151 g/mol. The molecule has 0 aromatic carbocycles. The molecule has 0 aromatic heterocycles. The van der Waals surface area contributed by atoms with Crippen LogP contribution in [0.1, 0.15) is 33.6 Å². The molecule has 1 fully saturated rings. The molecule has 0 radical (unpaired) electrons. The third-order valence-electron chi connectivity index (χ3n) is 0.957. The standard InChI is InChI=1S/C4H9N.C4H9.Na/c1-2-4-5-3-1;1-4(2)3;/h5H,1-4H2;1-3H3;/q;-1;+1. The molecule has 1 rings (SSSR count). The predicted octanol–water partition coefficient (Wildman–Crippen LogP) is -1.01. The van der Waals surface area contributed by atoms with E-state index in [1.54, 1.807) is 0 Å². The van der Waals surface area contributed by atoms with Gasteiger partial charge in [-0.05, 0) is 25.9 Å². The molecule has 1 N–H and O–H groups in total. The smallest absolute Gasteiger partial charge is 0.323 e. The largest absolute Gasteiger partial charge is 1.00 e. The molecule has 10 heavy (non-hydrogen) atoms. The fraction of sp³-hybridized carbons (Fsp3) is 0.875. The molecule has 0 atom stereocenters. The van der Waals surface area contributed by atoms with E-state index >= 15 is 0 Å². The summed E-state index contributed by atoms with van der Waals surface area (Å²) in [5.41, 5.74) is 0. The zero-order valence-corrected chi connectivity index (χ0v) is 9.83. The minimum atomic E-state index is 0. The molecule has 1 heterocycles. The van der Waals surface area contributed by atoms with Gasteiger partial charge in [-0.1, -0.05) is 0 Å². The molecule has 0 aliphatic carbocycles. The van der Waals surface area contributed by atoms with Gasteiger partial charge in [0.25, 0.3) is 0 Å². The maximum atomic E-state index is 3.22. The summed E-state index contributed by atoms with van der Waals surface area (Å²) in [5, 5.41) is 3.22. The predicted molar refractivity (Wildman–Crippen MR) is 42.4 cm³/mol. The minimum Gasteiger partial charge on any atom is -0.323 e. The second-order valence-electron chi connectivity index (χ2n) is 2.96. The SMILES string of the molecule is C1CCNC1.C[C-](C)C.[Na+]. The Kier molecular flexibility index (Phi) is 13.5. The van der Waals surface area contributed by atoms with Crippen molar-refractivity contribution in [2.24, 2.45) is 0 Å². The first-order valence-corrected chi connectivity index (χ1v) is 3.71. The summed E-state index contributed by atoms with van der Waals surface area (Å²) < 4.78 is 0. The first kappa shape index (κ1) is 13.5. The van der Waals surface area contributed by atoms with E-state index in [1.807, 2.05) is 0 Å². The second kappa shape index (κ2) is 9.96. The minimum absolute atomic E-state index is 0. The summed E-state index contributed by atoms with van der Waals surface area (Å²) in [6.07, 6.45) is 2.78. The summed E-state index contributed by atoms with van der Waals surface area (Å²) in [6.45, 7) is 8.75. The van der Waals surface area contributed by atoms with Crippen molar-refractivity contribution in [1.82, 2.24) is 5.32 Å². The summed E-state index contributed by atoms with van der Waals surface area (Å²) in [5.74, 6) is 1.42. The summed E-state index contributed by atoms with van der Waals surface area (Å²) in [6, 6.07) is 0. The molecule has 1 nitrogen and oxygen atoms in total. The Bertz CT molecular complexity index is 40.9. The number of nitrogens with one attached hydrogen (secondary N) is 1. The van der Waals surface area contributed by atoms with Gasteiger partial charge < -0.3 is 11.2 Å². The van der Waals surface area contributed by atoms with Gasteiger partial charge in [-0.2, -0.15) is 20.8 Å². The van der Waals surface area contributed by atoms with Crippen molar-refractivity contribution in [1.29, 1.82) is 0 Å². The average molecular weight is 151 g/mol. The topological polar surface area (TPSA) is 12.0 Å². The Balaban J connectivity index is 0. The molecule has 0 saturated carbocycles. The molecule has 0 amide bonds. The zero-order chi connectivity index (χ0) is 7.11. The van der Waals surface area contributed by atoms with Gasteiger partial charge in [0.05, 0.1) is 0 Å². The van der Waals surface area contributed by atoms with Crippen LogP contribution in [0.5, 0.6) is 0 Å². The van der Waals surface area contributed by atoms with Crippen LogP contribution in [-0.2, 0) is 0 Å². The van der Waals surface area contributed by atoms with Crippen molar-refractivity contribution >= 4 is 0 Å². The number of rotatable bonds is 0. The summed E-state index contributed by atoms with van der Waals surface area (Å²) in [7, 11) is 0. The van der Waals surface area contributed by atoms with Gasteiger partial charge in [-0.3, -0.25) is 0 Å².